The van der Waals surface area contributed by atoms with Crippen LogP contribution >= 0.6 is 0 Å². The van der Waals surface area contributed by atoms with E-state index in [1.54, 1.807) is 18.5 Å². The number of carbonyl (C=O) groups is 1. The van der Waals surface area contributed by atoms with Crippen LogP contribution in [0, 0.1) is 0 Å². The minimum atomic E-state index is -0.0159. The summed E-state index contributed by atoms with van der Waals surface area (Å²) >= 11 is 0. The summed E-state index contributed by atoms with van der Waals surface area (Å²) in [5.41, 5.74) is 0.556. The maximum absolute atomic E-state index is 12.7. The van der Waals surface area contributed by atoms with E-state index in [9.17, 15) is 4.79 Å². The van der Waals surface area contributed by atoms with Crippen LogP contribution in [0.15, 0.2) is 18.5 Å². The molecule has 22 heavy (non-hydrogen) atoms. The molecular formula is C16H25N3O3. The molecule has 6 nitrogen and oxygen atoms in total. The number of aliphatic hydroxyl groups excluding tert-OH is 1. The summed E-state index contributed by atoms with van der Waals surface area (Å²) in [6.07, 6.45) is 3.26. The van der Waals surface area contributed by atoms with Gasteiger partial charge in [0.15, 0.2) is 0 Å². The van der Waals surface area contributed by atoms with Crippen LogP contribution in [0.25, 0.3) is 0 Å². The second-order valence-electron chi connectivity index (χ2n) is 5.95. The van der Waals surface area contributed by atoms with Gasteiger partial charge in [-0.1, -0.05) is 0 Å². The van der Waals surface area contributed by atoms with Crippen molar-refractivity contribution in [1.82, 2.24) is 14.8 Å². The van der Waals surface area contributed by atoms with E-state index >= 15 is 0 Å². The summed E-state index contributed by atoms with van der Waals surface area (Å²) in [5.74, 6) is 0.602. The lowest BCUT2D eigenvalue weighted by atomic mass is 10.1. The van der Waals surface area contributed by atoms with Crippen LogP contribution in [0.1, 0.15) is 31.1 Å². The van der Waals surface area contributed by atoms with Crippen molar-refractivity contribution in [2.45, 2.75) is 32.9 Å². The van der Waals surface area contributed by atoms with E-state index in [1.807, 2.05) is 25.7 Å². The van der Waals surface area contributed by atoms with Crippen molar-refractivity contribution in [3.8, 4) is 5.75 Å². The summed E-state index contributed by atoms with van der Waals surface area (Å²) < 4.78 is 5.60. The molecule has 0 bridgehead atoms. The molecule has 0 radical (unpaired) electrons. The predicted octanol–water partition coefficient (Wildman–Crippen LogP) is 1.01. The van der Waals surface area contributed by atoms with E-state index in [-0.39, 0.29) is 24.7 Å². The van der Waals surface area contributed by atoms with Gasteiger partial charge in [0.05, 0.1) is 24.5 Å². The average molecular weight is 307 g/mol. The number of hydrogen-bond acceptors (Lipinski definition) is 5. The first kappa shape index (κ1) is 16.7. The van der Waals surface area contributed by atoms with Crippen molar-refractivity contribution < 1.29 is 14.6 Å². The van der Waals surface area contributed by atoms with E-state index in [4.69, 9.17) is 9.84 Å². The fourth-order valence-electron chi connectivity index (χ4n) is 2.72. The van der Waals surface area contributed by atoms with Crippen LogP contribution in [-0.2, 0) is 0 Å². The highest BCUT2D eigenvalue weighted by molar-refractivity contribution is 5.94. The summed E-state index contributed by atoms with van der Waals surface area (Å²) in [7, 11) is 0. The van der Waals surface area contributed by atoms with Gasteiger partial charge in [-0.25, -0.2) is 0 Å². The van der Waals surface area contributed by atoms with Gasteiger partial charge in [-0.3, -0.25) is 14.7 Å². The normalized spacial score (nSPS) is 19.5. The predicted molar refractivity (Wildman–Crippen MR) is 84.0 cm³/mol. The molecule has 1 amide bonds. The Morgan fingerprint density at radius 1 is 1.45 bits per heavy atom. The SMILES string of the molecule is CC(C)Oc1cncc(C(=O)N2CCN(CCO)CC2C)c1. The lowest BCUT2D eigenvalue weighted by molar-refractivity contribution is 0.0457. The molecule has 1 aromatic heterocycles. The van der Waals surface area contributed by atoms with Gasteiger partial charge in [-0.05, 0) is 26.8 Å². The average Bonchev–Trinajstić information content (AvgIpc) is 2.47. The molecule has 1 aliphatic rings. The van der Waals surface area contributed by atoms with Crippen LogP contribution in [-0.4, -0.2) is 70.7 Å². The smallest absolute Gasteiger partial charge is 0.255 e. The Balaban J connectivity index is 2.05. The molecule has 122 valence electrons. The van der Waals surface area contributed by atoms with Crippen molar-refractivity contribution in [1.29, 1.82) is 0 Å². The number of pyridine rings is 1. The summed E-state index contributed by atoms with van der Waals surface area (Å²) in [4.78, 5) is 20.8. The number of rotatable bonds is 5. The zero-order valence-corrected chi connectivity index (χ0v) is 13.5. The third-order valence-electron chi connectivity index (χ3n) is 3.72. The maximum atomic E-state index is 12.7. The Kier molecular flexibility index (Phi) is 5.74. The minimum absolute atomic E-state index is 0.0159. The molecule has 6 heteroatoms. The highest BCUT2D eigenvalue weighted by Crippen LogP contribution is 2.17. The summed E-state index contributed by atoms with van der Waals surface area (Å²) in [6, 6.07) is 1.87. The van der Waals surface area contributed by atoms with Gasteiger partial charge in [0, 0.05) is 38.4 Å². The van der Waals surface area contributed by atoms with Crippen molar-refractivity contribution in [3.63, 3.8) is 0 Å². The fourth-order valence-corrected chi connectivity index (χ4v) is 2.72. The molecule has 2 rings (SSSR count). The molecule has 2 heterocycles. The highest BCUT2D eigenvalue weighted by atomic mass is 16.5. The molecule has 1 saturated heterocycles. The fraction of sp³-hybridized carbons (Fsp3) is 0.625. The Hall–Kier alpha value is -1.66. The quantitative estimate of drug-likeness (QED) is 0.879. The van der Waals surface area contributed by atoms with Crippen LogP contribution in [0.4, 0.5) is 0 Å². The summed E-state index contributed by atoms with van der Waals surface area (Å²) in [6.45, 7) is 8.95. The molecule has 0 aliphatic carbocycles. The highest BCUT2D eigenvalue weighted by Gasteiger charge is 2.28. The van der Waals surface area contributed by atoms with Gasteiger partial charge in [0.1, 0.15) is 5.75 Å². The Bertz CT molecular complexity index is 507. The van der Waals surface area contributed by atoms with Crippen LogP contribution in [0.3, 0.4) is 0 Å². The maximum Gasteiger partial charge on any atom is 0.255 e. The lowest BCUT2D eigenvalue weighted by Gasteiger charge is -2.39. The van der Waals surface area contributed by atoms with Crippen LogP contribution in [0.2, 0.25) is 0 Å². The van der Waals surface area contributed by atoms with Crippen LogP contribution in [0.5, 0.6) is 5.75 Å². The van der Waals surface area contributed by atoms with E-state index < -0.39 is 0 Å². The third-order valence-corrected chi connectivity index (χ3v) is 3.72. The zero-order valence-electron chi connectivity index (χ0n) is 13.5. The van der Waals surface area contributed by atoms with Crippen LogP contribution < -0.4 is 4.74 Å². The molecule has 1 N–H and O–H groups in total. The number of amides is 1. The van der Waals surface area contributed by atoms with Crippen molar-refractivity contribution >= 4 is 5.91 Å². The molecule has 1 unspecified atom stereocenters. The molecule has 0 aromatic carbocycles. The van der Waals surface area contributed by atoms with Crippen molar-refractivity contribution in [2.75, 3.05) is 32.8 Å². The Labute approximate surface area is 131 Å². The molecule has 1 atom stereocenters. The number of carbonyl (C=O) groups excluding carboxylic acids is 1. The first-order chi connectivity index (χ1) is 10.5. The van der Waals surface area contributed by atoms with Gasteiger partial charge in [0.2, 0.25) is 0 Å². The van der Waals surface area contributed by atoms with Gasteiger partial charge in [-0.15, -0.1) is 0 Å². The Morgan fingerprint density at radius 3 is 2.86 bits per heavy atom. The second kappa shape index (κ2) is 7.56. The third kappa shape index (κ3) is 4.18. The van der Waals surface area contributed by atoms with Crippen molar-refractivity contribution in [3.05, 3.63) is 24.0 Å². The minimum Gasteiger partial charge on any atom is -0.489 e. The van der Waals surface area contributed by atoms with Gasteiger partial charge in [-0.2, -0.15) is 0 Å². The van der Waals surface area contributed by atoms with Gasteiger partial charge in [0.25, 0.3) is 5.91 Å². The molecule has 1 fully saturated rings. The Morgan fingerprint density at radius 2 is 2.23 bits per heavy atom. The van der Waals surface area contributed by atoms with E-state index in [1.165, 1.54) is 0 Å². The van der Waals surface area contributed by atoms with E-state index in [2.05, 4.69) is 9.88 Å². The zero-order chi connectivity index (χ0) is 16.1. The first-order valence-electron chi connectivity index (χ1n) is 7.77. The second-order valence-corrected chi connectivity index (χ2v) is 5.95. The van der Waals surface area contributed by atoms with E-state index in [0.29, 0.717) is 24.4 Å². The van der Waals surface area contributed by atoms with Gasteiger partial charge >= 0.3 is 0 Å². The largest absolute Gasteiger partial charge is 0.489 e. The first-order valence-corrected chi connectivity index (χ1v) is 7.77. The number of hydrogen-bond donors (Lipinski definition) is 1. The molecule has 0 spiro atoms. The molecule has 1 aliphatic heterocycles. The lowest BCUT2D eigenvalue weighted by Crippen LogP contribution is -2.54. The number of nitrogens with zero attached hydrogens (tertiary/aromatic N) is 3. The standard InChI is InChI=1S/C16H25N3O3/c1-12(2)22-15-8-14(9-17-10-15)16(21)19-5-4-18(6-7-20)11-13(19)3/h8-10,12-13,20H,4-7,11H2,1-3H3. The number of piperazine rings is 1. The monoisotopic (exact) mass is 307 g/mol. The number of aromatic nitrogens is 1. The van der Waals surface area contributed by atoms with Crippen molar-refractivity contribution in [2.24, 2.45) is 0 Å². The summed E-state index contributed by atoms with van der Waals surface area (Å²) in [5, 5.41) is 9.02. The molecule has 1 aromatic rings. The number of aliphatic hydroxyl groups is 1. The van der Waals surface area contributed by atoms with Gasteiger partial charge < -0.3 is 14.7 Å². The molecule has 0 saturated carbocycles. The number of β-amino-alcohol motifs (C(OH)–C–C–N with tert-alkyl or cyclic N) is 1. The number of ether oxygens (including phenoxy) is 1. The van der Waals surface area contributed by atoms with E-state index in [0.717, 1.165) is 13.1 Å². The topological polar surface area (TPSA) is 65.9 Å². The molecular weight excluding hydrogens is 282 g/mol.